The standard InChI is InChI=1S/C17H18N2O4S/c1-12-7-10-15(19(20)21)11-16(12)24(22,23)18-17(14-8-9-14)13-5-3-2-4-6-13/h2-7,10-11,14,17-18H,8-9H2,1H3/t17-/m1/s1. The first-order valence-corrected chi connectivity index (χ1v) is 9.19. The fourth-order valence-corrected chi connectivity index (χ4v) is 4.31. The van der Waals surface area contributed by atoms with Crippen LogP contribution in [0.1, 0.15) is 30.0 Å². The number of nitro groups is 1. The zero-order valence-electron chi connectivity index (χ0n) is 13.2. The van der Waals surface area contributed by atoms with Gasteiger partial charge in [0.15, 0.2) is 0 Å². The molecule has 1 aliphatic carbocycles. The molecule has 24 heavy (non-hydrogen) atoms. The third-order valence-electron chi connectivity index (χ3n) is 4.21. The molecule has 0 saturated heterocycles. The number of aryl methyl sites for hydroxylation is 1. The second-order valence-corrected chi connectivity index (χ2v) is 7.74. The Hall–Kier alpha value is -2.25. The number of nitrogens with zero attached hydrogens (tertiary/aromatic N) is 1. The van der Waals surface area contributed by atoms with Crippen LogP contribution in [-0.4, -0.2) is 13.3 Å². The first-order valence-electron chi connectivity index (χ1n) is 7.71. The lowest BCUT2D eigenvalue weighted by Gasteiger charge is -2.19. The lowest BCUT2D eigenvalue weighted by molar-refractivity contribution is -0.385. The van der Waals surface area contributed by atoms with Crippen molar-refractivity contribution in [1.82, 2.24) is 4.72 Å². The summed E-state index contributed by atoms with van der Waals surface area (Å²) in [4.78, 5) is 10.3. The highest BCUT2D eigenvalue weighted by Crippen LogP contribution is 2.41. The van der Waals surface area contributed by atoms with Gasteiger partial charge in [-0.3, -0.25) is 10.1 Å². The van der Waals surface area contributed by atoms with Crippen molar-refractivity contribution < 1.29 is 13.3 Å². The molecule has 126 valence electrons. The molecule has 0 radical (unpaired) electrons. The largest absolute Gasteiger partial charge is 0.270 e. The fraction of sp³-hybridized carbons (Fsp3) is 0.294. The van der Waals surface area contributed by atoms with E-state index in [1.807, 2.05) is 30.3 Å². The third-order valence-corrected chi connectivity index (χ3v) is 5.79. The number of hydrogen-bond donors (Lipinski definition) is 1. The summed E-state index contributed by atoms with van der Waals surface area (Å²) in [5.74, 6) is 0.265. The molecule has 0 unspecified atom stereocenters. The van der Waals surface area contributed by atoms with E-state index in [9.17, 15) is 18.5 Å². The molecule has 1 aliphatic rings. The summed E-state index contributed by atoms with van der Waals surface area (Å²) in [6.07, 6.45) is 1.94. The van der Waals surface area contributed by atoms with E-state index in [0.29, 0.717) is 5.56 Å². The molecule has 0 heterocycles. The predicted octanol–water partition coefficient (Wildman–Crippen LogP) is 3.33. The van der Waals surface area contributed by atoms with Crippen LogP contribution < -0.4 is 4.72 Å². The number of non-ortho nitro benzene ring substituents is 1. The molecule has 6 nitrogen and oxygen atoms in total. The van der Waals surface area contributed by atoms with E-state index in [0.717, 1.165) is 24.5 Å². The van der Waals surface area contributed by atoms with E-state index >= 15 is 0 Å². The zero-order valence-corrected chi connectivity index (χ0v) is 14.0. The van der Waals surface area contributed by atoms with Crippen LogP contribution in [-0.2, 0) is 10.0 Å². The van der Waals surface area contributed by atoms with Gasteiger partial charge in [-0.1, -0.05) is 36.4 Å². The minimum Gasteiger partial charge on any atom is -0.258 e. The SMILES string of the molecule is Cc1ccc([N+](=O)[O-])cc1S(=O)(=O)N[C@H](c1ccccc1)C1CC1. The highest BCUT2D eigenvalue weighted by molar-refractivity contribution is 7.89. The van der Waals surface area contributed by atoms with Crippen LogP contribution in [0.2, 0.25) is 0 Å². The van der Waals surface area contributed by atoms with Gasteiger partial charge >= 0.3 is 0 Å². The molecule has 1 atom stereocenters. The smallest absolute Gasteiger partial charge is 0.258 e. The summed E-state index contributed by atoms with van der Waals surface area (Å²) in [6, 6.07) is 13.0. The predicted molar refractivity (Wildman–Crippen MR) is 90.1 cm³/mol. The zero-order chi connectivity index (χ0) is 17.3. The van der Waals surface area contributed by atoms with E-state index in [-0.39, 0.29) is 22.5 Å². The van der Waals surface area contributed by atoms with E-state index in [1.165, 1.54) is 12.1 Å². The molecule has 0 aromatic heterocycles. The van der Waals surface area contributed by atoms with Gasteiger partial charge in [0.1, 0.15) is 0 Å². The van der Waals surface area contributed by atoms with Gasteiger partial charge in [-0.25, -0.2) is 13.1 Å². The fourth-order valence-electron chi connectivity index (χ4n) is 2.75. The molecule has 0 bridgehead atoms. The van der Waals surface area contributed by atoms with Crippen molar-refractivity contribution in [1.29, 1.82) is 0 Å². The van der Waals surface area contributed by atoms with Crippen LogP contribution in [0.4, 0.5) is 5.69 Å². The van der Waals surface area contributed by atoms with Crippen molar-refractivity contribution in [3.63, 3.8) is 0 Å². The van der Waals surface area contributed by atoms with Crippen molar-refractivity contribution in [2.24, 2.45) is 5.92 Å². The number of hydrogen-bond acceptors (Lipinski definition) is 4. The Labute approximate surface area is 140 Å². The Balaban J connectivity index is 1.96. The van der Waals surface area contributed by atoms with Crippen LogP contribution in [0.3, 0.4) is 0 Å². The summed E-state index contributed by atoms with van der Waals surface area (Å²) >= 11 is 0. The van der Waals surface area contributed by atoms with Gasteiger partial charge in [0.05, 0.1) is 9.82 Å². The van der Waals surface area contributed by atoms with Crippen molar-refractivity contribution in [2.45, 2.75) is 30.7 Å². The maximum absolute atomic E-state index is 12.8. The minimum absolute atomic E-state index is 0.0433. The molecule has 0 spiro atoms. The van der Waals surface area contributed by atoms with Gasteiger partial charge in [0.2, 0.25) is 10.0 Å². The maximum Gasteiger partial charge on any atom is 0.270 e. The molecule has 7 heteroatoms. The van der Waals surface area contributed by atoms with Crippen molar-refractivity contribution >= 4 is 15.7 Å². The lowest BCUT2D eigenvalue weighted by Crippen LogP contribution is -2.30. The molecule has 1 saturated carbocycles. The number of rotatable bonds is 6. The normalized spacial score (nSPS) is 15.9. The van der Waals surface area contributed by atoms with Crippen molar-refractivity contribution in [3.8, 4) is 0 Å². The Morgan fingerprint density at radius 1 is 1.17 bits per heavy atom. The Kier molecular flexibility index (Phi) is 4.38. The highest BCUT2D eigenvalue weighted by atomic mass is 32.2. The van der Waals surface area contributed by atoms with Crippen LogP contribution in [0.5, 0.6) is 0 Å². The van der Waals surface area contributed by atoms with Gasteiger partial charge in [0, 0.05) is 18.2 Å². The lowest BCUT2D eigenvalue weighted by atomic mass is 10.0. The van der Waals surface area contributed by atoms with Crippen molar-refractivity contribution in [2.75, 3.05) is 0 Å². The summed E-state index contributed by atoms with van der Waals surface area (Å²) in [6.45, 7) is 1.63. The second-order valence-electron chi connectivity index (χ2n) is 6.05. The monoisotopic (exact) mass is 346 g/mol. The van der Waals surface area contributed by atoms with E-state index in [1.54, 1.807) is 6.92 Å². The third kappa shape index (κ3) is 3.47. The molecular formula is C17H18N2O4S. The minimum atomic E-state index is -3.85. The average molecular weight is 346 g/mol. The summed E-state index contributed by atoms with van der Waals surface area (Å²) in [5, 5.41) is 10.9. The summed E-state index contributed by atoms with van der Waals surface area (Å²) in [7, 11) is -3.85. The second kappa shape index (κ2) is 6.33. The maximum atomic E-state index is 12.8. The van der Waals surface area contributed by atoms with E-state index in [4.69, 9.17) is 0 Å². The molecule has 1 fully saturated rings. The van der Waals surface area contributed by atoms with E-state index < -0.39 is 14.9 Å². The molecule has 0 aliphatic heterocycles. The quantitative estimate of drug-likeness (QED) is 0.642. The van der Waals surface area contributed by atoms with Crippen molar-refractivity contribution in [3.05, 3.63) is 69.8 Å². The van der Waals surface area contributed by atoms with Gasteiger partial charge in [-0.2, -0.15) is 0 Å². The molecule has 2 aromatic rings. The molecule has 3 rings (SSSR count). The van der Waals surface area contributed by atoms with Gasteiger partial charge in [-0.05, 0) is 36.8 Å². The number of benzene rings is 2. The first-order chi connectivity index (χ1) is 11.4. The van der Waals surface area contributed by atoms with Crippen LogP contribution >= 0.6 is 0 Å². The topological polar surface area (TPSA) is 89.3 Å². The van der Waals surface area contributed by atoms with Gasteiger partial charge in [0.25, 0.3) is 5.69 Å². The Bertz CT molecular complexity index is 861. The summed E-state index contributed by atoms with van der Waals surface area (Å²) in [5.41, 5.74) is 1.16. The molecule has 1 N–H and O–H groups in total. The number of sulfonamides is 1. The molecule has 0 amide bonds. The number of nitrogens with one attached hydrogen (secondary N) is 1. The van der Waals surface area contributed by atoms with E-state index in [2.05, 4.69) is 4.72 Å². The van der Waals surface area contributed by atoms with Crippen LogP contribution in [0.25, 0.3) is 0 Å². The van der Waals surface area contributed by atoms with Gasteiger partial charge in [-0.15, -0.1) is 0 Å². The highest BCUT2D eigenvalue weighted by Gasteiger charge is 2.36. The van der Waals surface area contributed by atoms with Gasteiger partial charge < -0.3 is 0 Å². The van der Waals surface area contributed by atoms with Crippen LogP contribution in [0.15, 0.2) is 53.4 Å². The average Bonchev–Trinajstić information content (AvgIpc) is 3.38. The number of nitro benzene ring substituents is 1. The summed E-state index contributed by atoms with van der Waals surface area (Å²) < 4.78 is 28.4. The Morgan fingerprint density at radius 2 is 1.83 bits per heavy atom. The molecule has 2 aromatic carbocycles. The Morgan fingerprint density at radius 3 is 2.42 bits per heavy atom. The van der Waals surface area contributed by atoms with Crippen LogP contribution in [0, 0.1) is 23.0 Å². The molecular weight excluding hydrogens is 328 g/mol. The first kappa shape index (κ1) is 16.6.